The van der Waals surface area contributed by atoms with E-state index in [-0.39, 0.29) is 18.8 Å². The van der Waals surface area contributed by atoms with Crippen molar-refractivity contribution in [2.24, 2.45) is 0 Å². The molecule has 0 bridgehead atoms. The van der Waals surface area contributed by atoms with E-state index < -0.39 is 5.82 Å². The van der Waals surface area contributed by atoms with Crippen molar-refractivity contribution in [1.29, 1.82) is 5.26 Å². The Morgan fingerprint density at radius 3 is 3.05 bits per heavy atom. The maximum atomic E-state index is 13.6. The maximum Gasteiger partial charge on any atom is 0.130 e. The molecule has 0 aliphatic carbocycles. The molecule has 2 unspecified atom stereocenters. The van der Waals surface area contributed by atoms with Crippen LogP contribution in [0.15, 0.2) is 18.2 Å². The average molecular weight is 264 g/mol. The van der Waals surface area contributed by atoms with Crippen LogP contribution in [0.25, 0.3) is 0 Å². The van der Waals surface area contributed by atoms with E-state index in [1.165, 1.54) is 6.07 Å². The molecule has 102 valence electrons. The normalized spacial score (nSPS) is 23.0. The molecular formula is C14H17FN2O2. The zero-order valence-electron chi connectivity index (χ0n) is 10.9. The van der Waals surface area contributed by atoms with Crippen LogP contribution in [-0.2, 0) is 16.1 Å². The number of hydrogen-bond donors (Lipinski definition) is 1. The number of benzene rings is 1. The van der Waals surface area contributed by atoms with Gasteiger partial charge in [-0.2, -0.15) is 5.26 Å². The number of halogens is 1. The van der Waals surface area contributed by atoms with Crippen LogP contribution >= 0.6 is 0 Å². The van der Waals surface area contributed by atoms with Gasteiger partial charge in [-0.25, -0.2) is 4.39 Å². The highest BCUT2D eigenvalue weighted by atomic mass is 19.1. The summed E-state index contributed by atoms with van der Waals surface area (Å²) in [6, 6.07) is 6.29. The van der Waals surface area contributed by atoms with Crippen molar-refractivity contribution in [1.82, 2.24) is 5.32 Å². The molecule has 0 amide bonds. The third-order valence-electron chi connectivity index (χ3n) is 2.97. The summed E-state index contributed by atoms with van der Waals surface area (Å²) in [5, 5.41) is 11.9. The Kier molecular flexibility index (Phi) is 4.86. The Labute approximate surface area is 112 Å². The van der Waals surface area contributed by atoms with Crippen LogP contribution in [0.1, 0.15) is 18.1 Å². The fourth-order valence-corrected chi connectivity index (χ4v) is 2.00. The van der Waals surface area contributed by atoms with Gasteiger partial charge in [0.05, 0.1) is 37.1 Å². The summed E-state index contributed by atoms with van der Waals surface area (Å²) >= 11 is 0. The standard InChI is InChI=1S/C14H17FN2O2/c1-10-6-17-7-13(19-10)9-18-8-12-3-2-11(5-16)4-14(12)15/h2-4,10,13,17H,6-9H2,1H3. The molecule has 2 atom stereocenters. The van der Waals surface area contributed by atoms with Gasteiger partial charge in [0.2, 0.25) is 0 Å². The predicted molar refractivity (Wildman–Crippen MR) is 68.0 cm³/mol. The van der Waals surface area contributed by atoms with Crippen molar-refractivity contribution >= 4 is 0 Å². The minimum Gasteiger partial charge on any atom is -0.374 e. The van der Waals surface area contributed by atoms with Gasteiger partial charge in [0.1, 0.15) is 5.82 Å². The number of nitrogens with one attached hydrogen (secondary N) is 1. The van der Waals surface area contributed by atoms with E-state index in [4.69, 9.17) is 14.7 Å². The zero-order valence-corrected chi connectivity index (χ0v) is 10.9. The monoisotopic (exact) mass is 264 g/mol. The second-order valence-electron chi connectivity index (χ2n) is 4.66. The lowest BCUT2D eigenvalue weighted by Crippen LogP contribution is -2.45. The zero-order chi connectivity index (χ0) is 13.7. The average Bonchev–Trinajstić information content (AvgIpc) is 2.40. The van der Waals surface area contributed by atoms with E-state index in [1.807, 2.05) is 13.0 Å². The van der Waals surface area contributed by atoms with Crippen molar-refractivity contribution in [3.63, 3.8) is 0 Å². The van der Waals surface area contributed by atoms with E-state index in [9.17, 15) is 4.39 Å². The van der Waals surface area contributed by atoms with Crippen LogP contribution in [0.4, 0.5) is 4.39 Å². The molecule has 0 spiro atoms. The maximum absolute atomic E-state index is 13.6. The largest absolute Gasteiger partial charge is 0.374 e. The second-order valence-corrected chi connectivity index (χ2v) is 4.66. The molecule has 1 fully saturated rings. The van der Waals surface area contributed by atoms with E-state index in [1.54, 1.807) is 12.1 Å². The summed E-state index contributed by atoms with van der Waals surface area (Å²) in [4.78, 5) is 0. The molecule has 4 nitrogen and oxygen atoms in total. The van der Waals surface area contributed by atoms with Gasteiger partial charge in [0.15, 0.2) is 0 Å². The molecular weight excluding hydrogens is 247 g/mol. The molecule has 0 saturated carbocycles. The first-order valence-electron chi connectivity index (χ1n) is 6.31. The SMILES string of the molecule is CC1CNCC(COCc2ccc(C#N)cc2F)O1. The van der Waals surface area contributed by atoms with Crippen LogP contribution in [0.2, 0.25) is 0 Å². The summed E-state index contributed by atoms with van der Waals surface area (Å²) < 4.78 is 24.7. The first-order chi connectivity index (χ1) is 9.19. The first kappa shape index (κ1) is 13.9. The molecule has 1 aromatic carbocycles. The number of hydrogen-bond acceptors (Lipinski definition) is 4. The molecule has 1 N–H and O–H groups in total. The third-order valence-corrected chi connectivity index (χ3v) is 2.97. The van der Waals surface area contributed by atoms with Crippen molar-refractivity contribution < 1.29 is 13.9 Å². The molecule has 1 aromatic rings. The smallest absolute Gasteiger partial charge is 0.130 e. The van der Waals surface area contributed by atoms with Crippen molar-refractivity contribution in [3.05, 3.63) is 35.1 Å². The van der Waals surface area contributed by atoms with Gasteiger partial charge in [0.25, 0.3) is 0 Å². The van der Waals surface area contributed by atoms with Crippen LogP contribution in [-0.4, -0.2) is 31.9 Å². The molecule has 19 heavy (non-hydrogen) atoms. The van der Waals surface area contributed by atoms with Crippen LogP contribution in [0, 0.1) is 17.1 Å². The Morgan fingerprint density at radius 1 is 1.53 bits per heavy atom. The molecule has 0 radical (unpaired) electrons. The number of nitriles is 1. The summed E-state index contributed by atoms with van der Waals surface area (Å²) in [6.45, 7) is 4.21. The van der Waals surface area contributed by atoms with Gasteiger partial charge < -0.3 is 14.8 Å². The Balaban J connectivity index is 1.81. The summed E-state index contributed by atoms with van der Waals surface area (Å²) in [6.07, 6.45) is 0.180. The number of morpholine rings is 1. The Morgan fingerprint density at radius 2 is 2.37 bits per heavy atom. The summed E-state index contributed by atoms with van der Waals surface area (Å²) in [7, 11) is 0. The quantitative estimate of drug-likeness (QED) is 0.897. The lowest BCUT2D eigenvalue weighted by atomic mass is 10.1. The van der Waals surface area contributed by atoms with E-state index in [0.717, 1.165) is 13.1 Å². The highest BCUT2D eigenvalue weighted by Crippen LogP contribution is 2.12. The minimum atomic E-state index is -0.407. The highest BCUT2D eigenvalue weighted by molar-refractivity contribution is 5.32. The fraction of sp³-hybridized carbons (Fsp3) is 0.500. The van der Waals surface area contributed by atoms with Gasteiger partial charge in [-0.05, 0) is 19.1 Å². The van der Waals surface area contributed by atoms with Crippen molar-refractivity contribution in [3.8, 4) is 6.07 Å². The topological polar surface area (TPSA) is 54.3 Å². The van der Waals surface area contributed by atoms with Gasteiger partial charge in [-0.3, -0.25) is 0 Å². The van der Waals surface area contributed by atoms with E-state index >= 15 is 0 Å². The fourth-order valence-electron chi connectivity index (χ4n) is 2.00. The molecule has 1 heterocycles. The Hall–Kier alpha value is -1.48. The van der Waals surface area contributed by atoms with Crippen molar-refractivity contribution in [2.75, 3.05) is 19.7 Å². The second kappa shape index (κ2) is 6.62. The van der Waals surface area contributed by atoms with Crippen molar-refractivity contribution in [2.45, 2.75) is 25.7 Å². The molecule has 1 aliphatic rings. The highest BCUT2D eigenvalue weighted by Gasteiger charge is 2.18. The lowest BCUT2D eigenvalue weighted by molar-refractivity contribution is -0.0719. The van der Waals surface area contributed by atoms with Gasteiger partial charge in [-0.1, -0.05) is 6.07 Å². The van der Waals surface area contributed by atoms with Crippen LogP contribution < -0.4 is 5.32 Å². The van der Waals surface area contributed by atoms with Gasteiger partial charge in [-0.15, -0.1) is 0 Å². The number of rotatable bonds is 4. The van der Waals surface area contributed by atoms with Gasteiger partial charge in [0, 0.05) is 18.7 Å². The Bertz CT molecular complexity index is 473. The first-order valence-corrected chi connectivity index (χ1v) is 6.31. The molecule has 2 rings (SSSR count). The van der Waals surface area contributed by atoms with E-state index in [0.29, 0.717) is 17.7 Å². The predicted octanol–water partition coefficient (Wildman–Crippen LogP) is 1.59. The van der Waals surface area contributed by atoms with Crippen LogP contribution in [0.5, 0.6) is 0 Å². The number of ether oxygens (including phenoxy) is 2. The summed E-state index contributed by atoms with van der Waals surface area (Å²) in [5.74, 6) is -0.407. The lowest BCUT2D eigenvalue weighted by Gasteiger charge is -2.28. The molecule has 1 aliphatic heterocycles. The number of nitrogens with zero attached hydrogens (tertiary/aromatic N) is 1. The summed E-state index contributed by atoms with van der Waals surface area (Å²) in [5.41, 5.74) is 0.769. The molecule has 5 heteroatoms. The van der Waals surface area contributed by atoms with Gasteiger partial charge >= 0.3 is 0 Å². The minimum absolute atomic E-state index is 0.00481. The van der Waals surface area contributed by atoms with E-state index in [2.05, 4.69) is 5.32 Å². The third kappa shape index (κ3) is 4.00. The molecule has 0 aromatic heterocycles. The molecule has 1 saturated heterocycles. The van der Waals surface area contributed by atoms with Crippen LogP contribution in [0.3, 0.4) is 0 Å².